The summed E-state index contributed by atoms with van der Waals surface area (Å²) >= 11 is 1.60. The molecule has 1 atom stereocenters. The number of benzene rings is 2. The van der Waals surface area contributed by atoms with Gasteiger partial charge in [-0.05, 0) is 37.3 Å². The first-order chi connectivity index (χ1) is 17.1. The molecule has 0 bridgehead atoms. The number of rotatable bonds is 9. The lowest BCUT2D eigenvalue weighted by atomic mass is 10.2. The number of aliphatic hydroxyl groups excluding tert-OH is 1. The zero-order valence-corrected chi connectivity index (χ0v) is 19.7. The lowest BCUT2D eigenvalue weighted by Crippen LogP contribution is -2.37. The van der Waals surface area contributed by atoms with Crippen LogP contribution in [0.1, 0.15) is 11.9 Å². The summed E-state index contributed by atoms with van der Waals surface area (Å²) in [5.74, 6) is 0.723. The standard InChI is InChI=1S/C24H23N7O3S/c1-15(24(33)26-7-9-32)34-20-4-2-3-18-22(20)23(28-14-27-18)30-17-5-6-19-16(11-17)12-29-31(19)13-21-25-8-10-35-21/h2-6,8,10-12,14-15,32H,7,9,13H2,1H3,(H,26,33)(H,27,28,30). The minimum absolute atomic E-state index is 0.136. The minimum Gasteiger partial charge on any atom is -0.480 e. The molecule has 0 aliphatic carbocycles. The molecule has 35 heavy (non-hydrogen) atoms. The average Bonchev–Trinajstić information content (AvgIpc) is 3.53. The second kappa shape index (κ2) is 10.0. The largest absolute Gasteiger partial charge is 0.480 e. The fraction of sp³-hybridized carbons (Fsp3) is 0.208. The van der Waals surface area contributed by atoms with Crippen molar-refractivity contribution in [3.05, 3.63) is 65.5 Å². The summed E-state index contributed by atoms with van der Waals surface area (Å²) in [4.78, 5) is 25.4. The van der Waals surface area contributed by atoms with Crippen molar-refractivity contribution in [2.45, 2.75) is 19.6 Å². The Morgan fingerprint density at radius 1 is 1.23 bits per heavy atom. The molecule has 0 saturated carbocycles. The molecular formula is C24H23N7O3S. The first-order valence-electron chi connectivity index (χ1n) is 11.0. The van der Waals surface area contributed by atoms with Crippen LogP contribution >= 0.6 is 11.3 Å². The number of hydrogen-bond acceptors (Lipinski definition) is 9. The number of thiazole rings is 1. The highest BCUT2D eigenvalue weighted by atomic mass is 32.1. The quantitative estimate of drug-likeness (QED) is 0.288. The molecule has 178 valence electrons. The number of anilines is 2. The predicted octanol–water partition coefficient (Wildman–Crippen LogP) is 3.10. The third kappa shape index (κ3) is 4.91. The Hall–Kier alpha value is -4.09. The number of nitrogens with one attached hydrogen (secondary N) is 2. The van der Waals surface area contributed by atoms with Crippen LogP contribution in [0, 0.1) is 0 Å². The van der Waals surface area contributed by atoms with Crippen LogP contribution in [0.5, 0.6) is 5.75 Å². The van der Waals surface area contributed by atoms with Crippen LogP contribution in [-0.4, -0.2) is 55.0 Å². The average molecular weight is 490 g/mol. The Balaban J connectivity index is 1.42. The summed E-state index contributed by atoms with van der Waals surface area (Å²) in [5, 5.41) is 24.0. The van der Waals surface area contributed by atoms with Gasteiger partial charge in [-0.2, -0.15) is 5.10 Å². The van der Waals surface area contributed by atoms with E-state index in [1.165, 1.54) is 6.33 Å². The molecule has 0 fully saturated rings. The maximum Gasteiger partial charge on any atom is 0.260 e. The van der Waals surface area contributed by atoms with Gasteiger partial charge in [0.15, 0.2) is 6.10 Å². The third-order valence-corrected chi connectivity index (χ3v) is 6.15. The second-order valence-electron chi connectivity index (χ2n) is 7.77. The Kier molecular flexibility index (Phi) is 6.51. The SMILES string of the molecule is CC(Oc1cccc2ncnc(Nc3ccc4c(cnn4Cc4nccs4)c3)c12)C(=O)NCCO. The number of aliphatic hydroxyl groups is 1. The van der Waals surface area contributed by atoms with Crippen molar-refractivity contribution in [2.75, 3.05) is 18.5 Å². The van der Waals surface area contributed by atoms with Crippen LogP contribution in [0.2, 0.25) is 0 Å². The van der Waals surface area contributed by atoms with Crippen LogP contribution in [0.25, 0.3) is 21.8 Å². The van der Waals surface area contributed by atoms with E-state index in [2.05, 4.69) is 30.7 Å². The van der Waals surface area contributed by atoms with Gasteiger partial charge in [-0.15, -0.1) is 11.3 Å². The molecule has 3 heterocycles. The van der Waals surface area contributed by atoms with Gasteiger partial charge in [0.25, 0.3) is 5.91 Å². The molecule has 11 heteroatoms. The van der Waals surface area contributed by atoms with Crippen LogP contribution in [0.3, 0.4) is 0 Å². The highest BCUT2D eigenvalue weighted by Gasteiger charge is 2.18. The molecule has 10 nitrogen and oxygen atoms in total. The highest BCUT2D eigenvalue weighted by molar-refractivity contribution is 7.09. The first-order valence-corrected chi connectivity index (χ1v) is 11.9. The van der Waals surface area contributed by atoms with Crippen LogP contribution in [-0.2, 0) is 11.3 Å². The Morgan fingerprint density at radius 3 is 2.97 bits per heavy atom. The molecule has 1 unspecified atom stereocenters. The molecule has 5 rings (SSSR count). The Labute approximate surface area is 204 Å². The second-order valence-corrected chi connectivity index (χ2v) is 8.75. The van der Waals surface area contributed by atoms with Crippen LogP contribution < -0.4 is 15.4 Å². The van der Waals surface area contributed by atoms with E-state index >= 15 is 0 Å². The summed E-state index contributed by atoms with van der Waals surface area (Å²) in [6, 6.07) is 11.4. The van der Waals surface area contributed by atoms with E-state index in [9.17, 15) is 4.79 Å². The molecule has 2 aromatic carbocycles. The van der Waals surface area contributed by atoms with E-state index in [4.69, 9.17) is 9.84 Å². The molecule has 1 amide bonds. The van der Waals surface area contributed by atoms with E-state index in [1.54, 1.807) is 30.5 Å². The predicted molar refractivity (Wildman–Crippen MR) is 134 cm³/mol. The molecular weight excluding hydrogens is 466 g/mol. The normalized spacial score (nSPS) is 12.1. The van der Waals surface area contributed by atoms with Gasteiger partial charge in [0.05, 0.1) is 35.8 Å². The molecule has 0 radical (unpaired) electrons. The van der Waals surface area contributed by atoms with Crippen molar-refractivity contribution in [2.24, 2.45) is 0 Å². The van der Waals surface area contributed by atoms with E-state index in [0.717, 1.165) is 21.6 Å². The molecule has 0 aliphatic heterocycles. The summed E-state index contributed by atoms with van der Waals surface area (Å²) in [5.41, 5.74) is 2.51. The van der Waals surface area contributed by atoms with Gasteiger partial charge in [0, 0.05) is 29.2 Å². The molecule has 3 N–H and O–H groups in total. The van der Waals surface area contributed by atoms with Crippen molar-refractivity contribution >= 4 is 50.6 Å². The van der Waals surface area contributed by atoms with Gasteiger partial charge in [-0.3, -0.25) is 9.48 Å². The van der Waals surface area contributed by atoms with Gasteiger partial charge in [-0.1, -0.05) is 6.07 Å². The first kappa shape index (κ1) is 22.7. The summed E-state index contributed by atoms with van der Waals surface area (Å²) in [7, 11) is 0. The minimum atomic E-state index is -0.764. The molecule has 5 aromatic rings. The number of amides is 1. The van der Waals surface area contributed by atoms with E-state index < -0.39 is 6.10 Å². The van der Waals surface area contributed by atoms with E-state index in [1.807, 2.05) is 46.6 Å². The smallest absolute Gasteiger partial charge is 0.260 e. The zero-order chi connectivity index (χ0) is 24.2. The van der Waals surface area contributed by atoms with E-state index in [0.29, 0.717) is 29.0 Å². The van der Waals surface area contributed by atoms with Gasteiger partial charge >= 0.3 is 0 Å². The summed E-state index contributed by atoms with van der Waals surface area (Å²) < 4.78 is 7.88. The van der Waals surface area contributed by atoms with Crippen molar-refractivity contribution < 1.29 is 14.6 Å². The van der Waals surface area contributed by atoms with Crippen molar-refractivity contribution in [1.29, 1.82) is 0 Å². The van der Waals surface area contributed by atoms with E-state index in [-0.39, 0.29) is 19.1 Å². The lowest BCUT2D eigenvalue weighted by molar-refractivity contribution is -0.127. The van der Waals surface area contributed by atoms with Gasteiger partial charge < -0.3 is 20.5 Å². The van der Waals surface area contributed by atoms with Crippen molar-refractivity contribution in [3.63, 3.8) is 0 Å². The molecule has 0 spiro atoms. The highest BCUT2D eigenvalue weighted by Crippen LogP contribution is 2.32. The topological polar surface area (TPSA) is 127 Å². The van der Waals surface area contributed by atoms with Crippen molar-refractivity contribution in [3.8, 4) is 5.75 Å². The maximum atomic E-state index is 12.2. The fourth-order valence-corrected chi connectivity index (χ4v) is 4.32. The fourth-order valence-electron chi connectivity index (χ4n) is 3.72. The molecule has 0 aliphatic rings. The van der Waals surface area contributed by atoms with Crippen LogP contribution in [0.15, 0.2) is 60.5 Å². The number of carbonyl (C=O) groups excluding carboxylic acids is 1. The lowest BCUT2D eigenvalue weighted by Gasteiger charge is -2.17. The van der Waals surface area contributed by atoms with Crippen LogP contribution in [0.4, 0.5) is 11.5 Å². The number of nitrogens with zero attached hydrogens (tertiary/aromatic N) is 5. The zero-order valence-electron chi connectivity index (χ0n) is 18.9. The van der Waals surface area contributed by atoms with Gasteiger partial charge in [0.2, 0.25) is 0 Å². The van der Waals surface area contributed by atoms with Gasteiger partial charge in [-0.25, -0.2) is 15.0 Å². The number of carbonyl (C=O) groups is 1. The Morgan fingerprint density at radius 2 is 2.14 bits per heavy atom. The summed E-state index contributed by atoms with van der Waals surface area (Å²) in [6.45, 7) is 2.30. The molecule has 3 aromatic heterocycles. The third-order valence-electron chi connectivity index (χ3n) is 5.38. The number of aromatic nitrogens is 5. The number of hydrogen-bond donors (Lipinski definition) is 3. The molecule has 0 saturated heterocycles. The summed E-state index contributed by atoms with van der Waals surface area (Å²) in [6.07, 6.45) is 4.34. The Bertz CT molecular complexity index is 1460. The van der Waals surface area contributed by atoms with Gasteiger partial charge in [0.1, 0.15) is 22.9 Å². The maximum absolute atomic E-state index is 12.2. The number of ether oxygens (including phenoxy) is 1. The monoisotopic (exact) mass is 489 g/mol. The number of fused-ring (bicyclic) bond motifs is 2. The van der Waals surface area contributed by atoms with Crippen molar-refractivity contribution in [1.82, 2.24) is 30.0 Å².